The van der Waals surface area contributed by atoms with Crippen molar-refractivity contribution >= 4 is 17.4 Å². The lowest BCUT2D eigenvalue weighted by atomic mass is 10.3. The molecule has 1 heterocycles. The number of carbonyl (C=O) groups is 1. The molecule has 0 aliphatic heterocycles. The second-order valence-corrected chi connectivity index (χ2v) is 4.20. The normalized spacial score (nSPS) is 9.95. The highest BCUT2D eigenvalue weighted by molar-refractivity contribution is 5.89. The van der Waals surface area contributed by atoms with Crippen molar-refractivity contribution in [2.24, 2.45) is 0 Å². The maximum Gasteiger partial charge on any atom is 0.319 e. The molecule has 2 amide bonds. The van der Waals surface area contributed by atoms with E-state index in [4.69, 9.17) is 5.73 Å². The molecule has 0 radical (unpaired) electrons. The topological polar surface area (TPSA) is 80.0 Å². The number of hydrogen-bond donors (Lipinski definition) is 3. The molecule has 2 aromatic rings. The van der Waals surface area contributed by atoms with Crippen molar-refractivity contribution < 1.29 is 4.79 Å². The van der Waals surface area contributed by atoms with Crippen molar-refractivity contribution in [3.63, 3.8) is 0 Å². The Hall–Kier alpha value is -2.56. The molecule has 0 aliphatic carbocycles. The first kappa shape index (κ1) is 12.9. The summed E-state index contributed by atoms with van der Waals surface area (Å²) >= 11 is 0. The van der Waals surface area contributed by atoms with Crippen molar-refractivity contribution in [2.75, 3.05) is 11.1 Å². The average Bonchev–Trinajstić information content (AvgIpc) is 2.39. The van der Waals surface area contributed by atoms with Gasteiger partial charge in [0.2, 0.25) is 0 Å². The van der Waals surface area contributed by atoms with E-state index in [1.54, 1.807) is 24.3 Å². The van der Waals surface area contributed by atoms with Crippen LogP contribution in [0.1, 0.15) is 11.4 Å². The smallest absolute Gasteiger partial charge is 0.319 e. The van der Waals surface area contributed by atoms with Gasteiger partial charge in [-0.3, -0.25) is 4.98 Å². The number of carbonyl (C=O) groups excluding carboxylic acids is 1. The van der Waals surface area contributed by atoms with Gasteiger partial charge in [0.05, 0.1) is 12.2 Å². The molecule has 4 N–H and O–H groups in total. The molecule has 98 valence electrons. The lowest BCUT2D eigenvalue weighted by Crippen LogP contribution is -2.28. The van der Waals surface area contributed by atoms with Crippen LogP contribution >= 0.6 is 0 Å². The van der Waals surface area contributed by atoms with Crippen LogP contribution in [0.15, 0.2) is 42.5 Å². The summed E-state index contributed by atoms with van der Waals surface area (Å²) in [7, 11) is 0. The highest BCUT2D eigenvalue weighted by atomic mass is 16.2. The number of aryl methyl sites for hydroxylation is 1. The first-order chi connectivity index (χ1) is 9.13. The summed E-state index contributed by atoms with van der Waals surface area (Å²) < 4.78 is 0. The van der Waals surface area contributed by atoms with E-state index < -0.39 is 0 Å². The lowest BCUT2D eigenvalue weighted by molar-refractivity contribution is 0.251. The number of urea groups is 1. The number of benzene rings is 1. The Balaban J connectivity index is 1.86. The number of nitrogen functional groups attached to an aromatic ring is 1. The van der Waals surface area contributed by atoms with E-state index in [9.17, 15) is 4.79 Å². The summed E-state index contributed by atoms with van der Waals surface area (Å²) in [5.41, 5.74) is 8.69. The van der Waals surface area contributed by atoms with Crippen molar-refractivity contribution in [2.45, 2.75) is 13.5 Å². The molecule has 0 aliphatic rings. The molecule has 0 atom stereocenters. The minimum Gasteiger partial charge on any atom is -0.399 e. The van der Waals surface area contributed by atoms with Crippen LogP contribution < -0.4 is 16.4 Å². The summed E-state index contributed by atoms with van der Waals surface area (Å²) in [5, 5.41) is 5.47. The van der Waals surface area contributed by atoms with E-state index in [1.165, 1.54) is 0 Å². The molecule has 0 bridgehead atoms. The van der Waals surface area contributed by atoms with E-state index in [-0.39, 0.29) is 6.03 Å². The molecule has 0 unspecified atom stereocenters. The zero-order valence-electron chi connectivity index (χ0n) is 10.7. The van der Waals surface area contributed by atoms with Crippen LogP contribution in [0.25, 0.3) is 0 Å². The number of pyridine rings is 1. The minimum absolute atomic E-state index is 0.270. The van der Waals surface area contributed by atoms with Crippen molar-refractivity contribution in [1.82, 2.24) is 10.3 Å². The number of amides is 2. The molecule has 5 nitrogen and oxygen atoms in total. The molecule has 5 heteroatoms. The van der Waals surface area contributed by atoms with Crippen LogP contribution in [-0.4, -0.2) is 11.0 Å². The summed E-state index contributed by atoms with van der Waals surface area (Å²) in [6.45, 7) is 2.31. The SMILES string of the molecule is Cc1cccc(CNC(=O)Nc2ccc(N)cc2)n1. The highest BCUT2D eigenvalue weighted by Crippen LogP contribution is 2.10. The van der Waals surface area contributed by atoms with Crippen molar-refractivity contribution in [1.29, 1.82) is 0 Å². The van der Waals surface area contributed by atoms with Gasteiger partial charge < -0.3 is 16.4 Å². The van der Waals surface area contributed by atoms with Crippen LogP contribution in [0.2, 0.25) is 0 Å². The minimum atomic E-state index is -0.270. The number of nitrogens with two attached hydrogens (primary N) is 1. The predicted octanol–water partition coefficient (Wildman–Crippen LogP) is 2.29. The molecular formula is C14H16N4O. The molecule has 19 heavy (non-hydrogen) atoms. The molecule has 2 rings (SSSR count). The summed E-state index contributed by atoms with van der Waals surface area (Å²) in [6, 6.07) is 12.4. The van der Waals surface area contributed by atoms with Crippen LogP contribution in [0, 0.1) is 6.92 Å². The fourth-order valence-corrected chi connectivity index (χ4v) is 1.61. The standard InChI is InChI=1S/C14H16N4O/c1-10-3-2-4-13(17-10)9-16-14(19)18-12-7-5-11(15)6-8-12/h2-8H,9,15H2,1H3,(H2,16,18,19). The number of aromatic nitrogens is 1. The van der Waals surface area contributed by atoms with E-state index in [2.05, 4.69) is 15.6 Å². The zero-order chi connectivity index (χ0) is 13.7. The quantitative estimate of drug-likeness (QED) is 0.737. The third-order valence-corrected chi connectivity index (χ3v) is 2.54. The van der Waals surface area contributed by atoms with E-state index in [0.717, 1.165) is 11.4 Å². The van der Waals surface area contributed by atoms with Crippen LogP contribution in [0.5, 0.6) is 0 Å². The molecule has 0 saturated heterocycles. The van der Waals surface area contributed by atoms with Gasteiger partial charge in [-0.05, 0) is 43.3 Å². The summed E-state index contributed by atoms with van der Waals surface area (Å²) in [6.07, 6.45) is 0. The number of nitrogens with zero attached hydrogens (tertiary/aromatic N) is 1. The second-order valence-electron chi connectivity index (χ2n) is 4.20. The third-order valence-electron chi connectivity index (χ3n) is 2.54. The van der Waals surface area contributed by atoms with Gasteiger partial charge in [-0.1, -0.05) is 6.07 Å². The van der Waals surface area contributed by atoms with Crippen LogP contribution in [-0.2, 0) is 6.54 Å². The molecule has 0 saturated carbocycles. The van der Waals surface area contributed by atoms with Gasteiger partial charge in [-0.15, -0.1) is 0 Å². The third kappa shape index (κ3) is 3.99. The maximum atomic E-state index is 11.7. The Labute approximate surface area is 111 Å². The van der Waals surface area contributed by atoms with E-state index in [1.807, 2.05) is 25.1 Å². The maximum absolute atomic E-state index is 11.7. The Morgan fingerprint density at radius 3 is 2.63 bits per heavy atom. The van der Waals surface area contributed by atoms with Gasteiger partial charge in [0.1, 0.15) is 0 Å². The predicted molar refractivity (Wildman–Crippen MR) is 75.7 cm³/mol. The number of nitrogens with one attached hydrogen (secondary N) is 2. The number of rotatable bonds is 3. The van der Waals surface area contributed by atoms with E-state index >= 15 is 0 Å². The first-order valence-electron chi connectivity index (χ1n) is 5.96. The first-order valence-corrected chi connectivity index (χ1v) is 5.96. The second kappa shape index (κ2) is 5.86. The lowest BCUT2D eigenvalue weighted by Gasteiger charge is -2.07. The summed E-state index contributed by atoms with van der Waals surface area (Å²) in [5.74, 6) is 0. The van der Waals surface area contributed by atoms with Gasteiger partial charge in [-0.2, -0.15) is 0 Å². The number of hydrogen-bond acceptors (Lipinski definition) is 3. The zero-order valence-corrected chi connectivity index (χ0v) is 10.7. The summed E-state index contributed by atoms with van der Waals surface area (Å²) in [4.78, 5) is 16.0. The Morgan fingerprint density at radius 2 is 1.95 bits per heavy atom. The largest absolute Gasteiger partial charge is 0.399 e. The van der Waals surface area contributed by atoms with Crippen molar-refractivity contribution in [3.8, 4) is 0 Å². The monoisotopic (exact) mass is 256 g/mol. The molecule has 1 aromatic carbocycles. The Kier molecular flexibility index (Phi) is 3.97. The molecule has 0 spiro atoms. The molecule has 1 aromatic heterocycles. The van der Waals surface area contributed by atoms with E-state index in [0.29, 0.717) is 17.9 Å². The van der Waals surface area contributed by atoms with Crippen molar-refractivity contribution in [3.05, 3.63) is 53.9 Å². The number of anilines is 2. The Bertz CT molecular complexity index is 566. The molecule has 0 fully saturated rings. The van der Waals surface area contributed by atoms with Crippen LogP contribution in [0.3, 0.4) is 0 Å². The van der Waals surface area contributed by atoms with Gasteiger partial charge in [-0.25, -0.2) is 4.79 Å². The highest BCUT2D eigenvalue weighted by Gasteiger charge is 2.02. The van der Waals surface area contributed by atoms with Gasteiger partial charge in [0.25, 0.3) is 0 Å². The van der Waals surface area contributed by atoms with Crippen LogP contribution in [0.4, 0.5) is 16.2 Å². The van der Waals surface area contributed by atoms with Gasteiger partial charge in [0.15, 0.2) is 0 Å². The Morgan fingerprint density at radius 1 is 1.21 bits per heavy atom. The van der Waals surface area contributed by atoms with Gasteiger partial charge in [0, 0.05) is 17.1 Å². The average molecular weight is 256 g/mol. The molecular weight excluding hydrogens is 240 g/mol. The fourth-order valence-electron chi connectivity index (χ4n) is 1.61. The fraction of sp³-hybridized carbons (Fsp3) is 0.143. The van der Waals surface area contributed by atoms with Gasteiger partial charge >= 0.3 is 6.03 Å².